The Hall–Kier alpha value is -1.26. The Bertz CT molecular complexity index is 453. The molecule has 2 N–H and O–H groups in total. The monoisotopic (exact) mass is 265 g/mol. The molecule has 0 saturated heterocycles. The first-order valence-electron chi connectivity index (χ1n) is 6.59. The summed E-state index contributed by atoms with van der Waals surface area (Å²) >= 11 is 0. The SMILES string of the molecule is COCc1c(OC)ccc(OC)c1C1(C(C)N)CC1. The molecule has 0 aliphatic heterocycles. The van der Waals surface area contributed by atoms with Gasteiger partial charge in [-0.2, -0.15) is 0 Å². The van der Waals surface area contributed by atoms with Gasteiger partial charge in [0.15, 0.2) is 0 Å². The number of rotatable bonds is 6. The molecule has 0 aromatic heterocycles. The minimum absolute atomic E-state index is 0.00769. The second-order valence-corrected chi connectivity index (χ2v) is 5.20. The lowest BCUT2D eigenvalue weighted by Gasteiger charge is -2.26. The maximum absolute atomic E-state index is 6.21. The lowest BCUT2D eigenvalue weighted by Crippen LogP contribution is -2.33. The topological polar surface area (TPSA) is 53.7 Å². The van der Waals surface area contributed by atoms with Crippen LogP contribution in [-0.2, 0) is 16.8 Å². The molecule has 1 aromatic rings. The summed E-state index contributed by atoms with van der Waals surface area (Å²) < 4.78 is 16.3. The standard InChI is InChI=1S/C15H23NO3/c1-10(16)15(7-8-15)14-11(9-17-2)12(18-3)5-6-13(14)19-4/h5-6,10H,7-9,16H2,1-4H3. The predicted molar refractivity (Wildman–Crippen MR) is 74.8 cm³/mol. The molecule has 0 spiro atoms. The Balaban J connectivity index is 2.60. The molecule has 0 amide bonds. The van der Waals surface area contributed by atoms with Crippen LogP contribution in [0.15, 0.2) is 12.1 Å². The third-order valence-electron chi connectivity index (χ3n) is 4.12. The van der Waals surface area contributed by atoms with E-state index < -0.39 is 0 Å². The fourth-order valence-corrected chi connectivity index (χ4v) is 2.87. The predicted octanol–water partition coefficient (Wildman–Crippen LogP) is 2.23. The fraction of sp³-hybridized carbons (Fsp3) is 0.600. The Kier molecular flexibility index (Phi) is 4.02. The van der Waals surface area contributed by atoms with E-state index in [0.717, 1.165) is 35.5 Å². The van der Waals surface area contributed by atoms with Crippen molar-refractivity contribution in [2.24, 2.45) is 5.73 Å². The van der Waals surface area contributed by atoms with Crippen LogP contribution in [-0.4, -0.2) is 27.4 Å². The lowest BCUT2D eigenvalue weighted by molar-refractivity contribution is 0.179. The van der Waals surface area contributed by atoms with Gasteiger partial charge in [0.05, 0.1) is 20.8 Å². The summed E-state index contributed by atoms with van der Waals surface area (Å²) in [5.41, 5.74) is 8.43. The van der Waals surface area contributed by atoms with Crippen molar-refractivity contribution < 1.29 is 14.2 Å². The van der Waals surface area contributed by atoms with Crippen LogP contribution in [0.25, 0.3) is 0 Å². The first-order valence-corrected chi connectivity index (χ1v) is 6.59. The zero-order chi connectivity index (χ0) is 14.0. The van der Waals surface area contributed by atoms with E-state index in [4.69, 9.17) is 19.9 Å². The molecule has 1 saturated carbocycles. The van der Waals surface area contributed by atoms with Crippen molar-refractivity contribution in [3.8, 4) is 11.5 Å². The highest BCUT2D eigenvalue weighted by molar-refractivity contribution is 5.55. The fourth-order valence-electron chi connectivity index (χ4n) is 2.87. The summed E-state index contributed by atoms with van der Waals surface area (Å²) in [5.74, 6) is 1.72. The van der Waals surface area contributed by atoms with Crippen LogP contribution in [0.2, 0.25) is 0 Å². The van der Waals surface area contributed by atoms with Gasteiger partial charge in [-0.3, -0.25) is 0 Å². The highest BCUT2D eigenvalue weighted by atomic mass is 16.5. The Morgan fingerprint density at radius 3 is 2.16 bits per heavy atom. The average molecular weight is 265 g/mol. The van der Waals surface area contributed by atoms with Crippen molar-refractivity contribution in [1.82, 2.24) is 0 Å². The van der Waals surface area contributed by atoms with Gasteiger partial charge in [-0.25, -0.2) is 0 Å². The van der Waals surface area contributed by atoms with Gasteiger partial charge in [0, 0.05) is 29.7 Å². The van der Waals surface area contributed by atoms with Crippen molar-refractivity contribution in [1.29, 1.82) is 0 Å². The molecule has 1 aliphatic rings. The molecule has 1 unspecified atom stereocenters. The molecule has 4 nitrogen and oxygen atoms in total. The number of ether oxygens (including phenoxy) is 3. The van der Waals surface area contributed by atoms with E-state index in [0.29, 0.717) is 6.61 Å². The molecular formula is C15H23NO3. The van der Waals surface area contributed by atoms with Crippen LogP contribution in [0.4, 0.5) is 0 Å². The lowest BCUT2D eigenvalue weighted by atomic mass is 9.85. The van der Waals surface area contributed by atoms with E-state index in [9.17, 15) is 0 Å². The highest BCUT2D eigenvalue weighted by Crippen LogP contribution is 2.55. The zero-order valence-corrected chi connectivity index (χ0v) is 12.2. The van der Waals surface area contributed by atoms with E-state index in [1.54, 1.807) is 21.3 Å². The van der Waals surface area contributed by atoms with Gasteiger partial charge in [0.2, 0.25) is 0 Å². The third kappa shape index (κ3) is 2.30. The quantitative estimate of drug-likeness (QED) is 0.857. The first kappa shape index (κ1) is 14.2. The first-order chi connectivity index (χ1) is 9.10. The molecule has 1 atom stereocenters. The van der Waals surface area contributed by atoms with E-state index >= 15 is 0 Å². The smallest absolute Gasteiger partial charge is 0.124 e. The van der Waals surface area contributed by atoms with Gasteiger partial charge in [0.1, 0.15) is 11.5 Å². The molecule has 2 rings (SSSR count). The summed E-state index contributed by atoms with van der Waals surface area (Å²) in [7, 11) is 5.06. The molecule has 19 heavy (non-hydrogen) atoms. The zero-order valence-electron chi connectivity index (χ0n) is 12.2. The van der Waals surface area contributed by atoms with Crippen LogP contribution in [0, 0.1) is 0 Å². The molecule has 4 heteroatoms. The van der Waals surface area contributed by atoms with Crippen molar-refractivity contribution in [2.75, 3.05) is 21.3 Å². The van der Waals surface area contributed by atoms with Crippen molar-refractivity contribution in [2.45, 2.75) is 37.8 Å². The van der Waals surface area contributed by atoms with Crippen molar-refractivity contribution in [3.05, 3.63) is 23.3 Å². The minimum atomic E-state index is 0.00769. The molecule has 0 heterocycles. The normalized spacial score (nSPS) is 17.9. The van der Waals surface area contributed by atoms with E-state index in [2.05, 4.69) is 6.92 Å². The van der Waals surface area contributed by atoms with Crippen LogP contribution in [0.1, 0.15) is 30.9 Å². The highest BCUT2D eigenvalue weighted by Gasteiger charge is 2.50. The van der Waals surface area contributed by atoms with Gasteiger partial charge in [0.25, 0.3) is 0 Å². The summed E-state index contributed by atoms with van der Waals surface area (Å²) in [5, 5.41) is 0. The summed E-state index contributed by atoms with van der Waals surface area (Å²) in [6.07, 6.45) is 2.18. The Labute approximate surface area is 114 Å². The molecule has 0 bridgehead atoms. The van der Waals surface area contributed by atoms with Crippen LogP contribution < -0.4 is 15.2 Å². The number of hydrogen-bond acceptors (Lipinski definition) is 4. The number of nitrogens with two attached hydrogens (primary N) is 1. The van der Waals surface area contributed by atoms with Gasteiger partial charge in [-0.05, 0) is 31.9 Å². The second-order valence-electron chi connectivity index (χ2n) is 5.20. The van der Waals surface area contributed by atoms with Gasteiger partial charge in [-0.1, -0.05) is 0 Å². The Morgan fingerprint density at radius 2 is 1.74 bits per heavy atom. The molecule has 106 valence electrons. The molecule has 1 aromatic carbocycles. The number of methoxy groups -OCH3 is 3. The average Bonchev–Trinajstić information content (AvgIpc) is 3.19. The van der Waals surface area contributed by atoms with Crippen LogP contribution >= 0.6 is 0 Å². The van der Waals surface area contributed by atoms with Crippen LogP contribution in [0.3, 0.4) is 0 Å². The van der Waals surface area contributed by atoms with Gasteiger partial charge < -0.3 is 19.9 Å². The van der Waals surface area contributed by atoms with E-state index in [1.807, 2.05) is 12.1 Å². The molecule has 1 aliphatic carbocycles. The third-order valence-corrected chi connectivity index (χ3v) is 4.12. The maximum Gasteiger partial charge on any atom is 0.124 e. The molecule has 1 fully saturated rings. The van der Waals surface area contributed by atoms with Crippen molar-refractivity contribution in [3.63, 3.8) is 0 Å². The van der Waals surface area contributed by atoms with E-state index in [-0.39, 0.29) is 11.5 Å². The number of benzene rings is 1. The summed E-state index contributed by atoms with van der Waals surface area (Å²) in [4.78, 5) is 0. The largest absolute Gasteiger partial charge is 0.496 e. The second kappa shape index (κ2) is 5.39. The minimum Gasteiger partial charge on any atom is -0.496 e. The summed E-state index contributed by atoms with van der Waals surface area (Å²) in [6.45, 7) is 2.56. The maximum atomic E-state index is 6.21. The molecule has 0 radical (unpaired) electrons. The van der Waals surface area contributed by atoms with Gasteiger partial charge >= 0.3 is 0 Å². The van der Waals surface area contributed by atoms with Gasteiger partial charge in [-0.15, -0.1) is 0 Å². The Morgan fingerprint density at radius 1 is 1.16 bits per heavy atom. The number of hydrogen-bond donors (Lipinski definition) is 1. The van der Waals surface area contributed by atoms with Crippen LogP contribution in [0.5, 0.6) is 11.5 Å². The van der Waals surface area contributed by atoms with Crippen molar-refractivity contribution >= 4 is 0 Å². The van der Waals surface area contributed by atoms with E-state index in [1.165, 1.54) is 0 Å². The summed E-state index contributed by atoms with van der Waals surface area (Å²) in [6, 6.07) is 3.97. The molecular weight excluding hydrogens is 242 g/mol.